The number of anilines is 1. The van der Waals surface area contributed by atoms with Crippen LogP contribution >= 0.6 is 22.9 Å². The van der Waals surface area contributed by atoms with Crippen LogP contribution in [0.25, 0.3) is 0 Å². The van der Waals surface area contributed by atoms with E-state index < -0.39 is 11.9 Å². The van der Waals surface area contributed by atoms with Crippen molar-refractivity contribution in [2.45, 2.75) is 20.8 Å². The predicted octanol–water partition coefficient (Wildman–Crippen LogP) is 4.20. The summed E-state index contributed by atoms with van der Waals surface area (Å²) in [4.78, 5) is 30.3. The number of carbonyl (C=O) groups is 2. The maximum absolute atomic E-state index is 12.2. The molecule has 1 aromatic carbocycles. The summed E-state index contributed by atoms with van der Waals surface area (Å²) in [7, 11) is 2.98. The number of amides is 1. The lowest BCUT2D eigenvalue weighted by atomic mass is 10.1. The van der Waals surface area contributed by atoms with Gasteiger partial charge in [-0.05, 0) is 38.5 Å². The van der Waals surface area contributed by atoms with Crippen LogP contribution in [0.15, 0.2) is 17.3 Å². The molecule has 0 radical (unpaired) electrons. The largest absolute Gasteiger partial charge is 0.493 e. The molecule has 10 heteroatoms. The zero-order chi connectivity index (χ0) is 22.3. The SMILES string of the molecule is CCOC(=O)c1c(NC(=O)CO/N=C/c2cc(Cl)c(OC)c(OC)c2)sc(C)c1C. The topological polar surface area (TPSA) is 95.5 Å². The molecule has 0 saturated carbocycles. The van der Waals surface area contributed by atoms with Crippen LogP contribution in [0.2, 0.25) is 5.02 Å². The molecule has 0 aliphatic heterocycles. The molecule has 0 aliphatic carbocycles. The van der Waals surface area contributed by atoms with Gasteiger partial charge in [-0.15, -0.1) is 11.3 Å². The van der Waals surface area contributed by atoms with Gasteiger partial charge in [0.1, 0.15) is 5.00 Å². The Morgan fingerprint density at radius 2 is 1.97 bits per heavy atom. The molecule has 0 saturated heterocycles. The molecule has 0 atom stereocenters. The summed E-state index contributed by atoms with van der Waals surface area (Å²) < 4.78 is 15.5. The van der Waals surface area contributed by atoms with E-state index in [2.05, 4.69) is 10.5 Å². The molecule has 1 aromatic heterocycles. The zero-order valence-electron chi connectivity index (χ0n) is 17.3. The molecule has 0 unspecified atom stereocenters. The van der Waals surface area contributed by atoms with E-state index >= 15 is 0 Å². The van der Waals surface area contributed by atoms with E-state index in [1.807, 2.05) is 13.8 Å². The number of oxime groups is 1. The lowest BCUT2D eigenvalue weighted by Crippen LogP contribution is -2.18. The normalized spacial score (nSPS) is 10.7. The Kier molecular flexibility index (Phi) is 8.49. The molecule has 0 aliphatic rings. The van der Waals surface area contributed by atoms with Gasteiger partial charge in [0.25, 0.3) is 5.91 Å². The van der Waals surface area contributed by atoms with Crippen molar-refractivity contribution in [2.24, 2.45) is 5.16 Å². The van der Waals surface area contributed by atoms with Crippen molar-refractivity contribution >= 4 is 46.0 Å². The first-order valence-corrected chi connectivity index (χ1v) is 10.2. The number of ether oxygens (including phenoxy) is 3. The zero-order valence-corrected chi connectivity index (χ0v) is 18.9. The van der Waals surface area contributed by atoms with Gasteiger partial charge in [0.15, 0.2) is 18.1 Å². The average molecular weight is 455 g/mol. The van der Waals surface area contributed by atoms with Gasteiger partial charge in [0, 0.05) is 10.4 Å². The third kappa shape index (κ3) is 5.64. The van der Waals surface area contributed by atoms with Crippen molar-refractivity contribution in [3.05, 3.63) is 38.7 Å². The highest BCUT2D eigenvalue weighted by Gasteiger charge is 2.22. The van der Waals surface area contributed by atoms with E-state index in [4.69, 9.17) is 30.6 Å². The van der Waals surface area contributed by atoms with Gasteiger partial charge >= 0.3 is 5.97 Å². The third-order valence-corrected chi connectivity index (χ3v) is 5.45. The summed E-state index contributed by atoms with van der Waals surface area (Å²) in [5, 5.41) is 7.23. The number of rotatable bonds is 9. The summed E-state index contributed by atoms with van der Waals surface area (Å²) in [5.74, 6) is -0.0714. The number of benzene rings is 1. The second-order valence-corrected chi connectivity index (χ2v) is 7.63. The van der Waals surface area contributed by atoms with Crippen molar-refractivity contribution in [2.75, 3.05) is 32.8 Å². The summed E-state index contributed by atoms with van der Waals surface area (Å²) in [6, 6.07) is 3.29. The number of halogens is 1. The van der Waals surface area contributed by atoms with E-state index in [-0.39, 0.29) is 13.2 Å². The van der Waals surface area contributed by atoms with Gasteiger partial charge in [-0.3, -0.25) is 4.79 Å². The lowest BCUT2D eigenvalue weighted by Gasteiger charge is -2.09. The van der Waals surface area contributed by atoms with Crippen molar-refractivity contribution in [1.82, 2.24) is 0 Å². The van der Waals surface area contributed by atoms with Crippen molar-refractivity contribution in [3.63, 3.8) is 0 Å². The Labute approximate surface area is 183 Å². The summed E-state index contributed by atoms with van der Waals surface area (Å²) >= 11 is 7.44. The molecule has 2 rings (SSSR count). The summed E-state index contributed by atoms with van der Waals surface area (Å²) in [6.07, 6.45) is 1.39. The fourth-order valence-corrected chi connectivity index (χ4v) is 3.89. The highest BCUT2D eigenvalue weighted by Crippen LogP contribution is 2.35. The smallest absolute Gasteiger partial charge is 0.341 e. The fourth-order valence-electron chi connectivity index (χ4n) is 2.53. The van der Waals surface area contributed by atoms with E-state index in [0.717, 1.165) is 10.4 Å². The molecule has 0 fully saturated rings. The number of esters is 1. The Morgan fingerprint density at radius 3 is 2.60 bits per heavy atom. The van der Waals surface area contributed by atoms with Gasteiger partial charge in [0.05, 0.1) is 37.6 Å². The van der Waals surface area contributed by atoms with Crippen molar-refractivity contribution in [3.8, 4) is 11.5 Å². The highest BCUT2D eigenvalue weighted by molar-refractivity contribution is 7.16. The van der Waals surface area contributed by atoms with Crippen molar-refractivity contribution < 1.29 is 28.6 Å². The van der Waals surface area contributed by atoms with Crippen LogP contribution in [-0.2, 0) is 14.4 Å². The second-order valence-electron chi connectivity index (χ2n) is 6.00. The fraction of sp³-hybridized carbons (Fsp3) is 0.350. The number of nitrogens with one attached hydrogen (secondary N) is 1. The molecule has 30 heavy (non-hydrogen) atoms. The Hall–Kier alpha value is -2.78. The third-order valence-electron chi connectivity index (χ3n) is 4.05. The van der Waals surface area contributed by atoms with Gasteiger partial charge in [-0.1, -0.05) is 16.8 Å². The van der Waals surface area contributed by atoms with Crippen LogP contribution in [0.1, 0.15) is 33.3 Å². The molecule has 0 bridgehead atoms. The van der Waals surface area contributed by atoms with Gasteiger partial charge in [0.2, 0.25) is 0 Å². The number of hydrogen-bond acceptors (Lipinski definition) is 8. The summed E-state index contributed by atoms with van der Waals surface area (Å²) in [6.45, 7) is 5.31. The van der Waals surface area contributed by atoms with Crippen LogP contribution < -0.4 is 14.8 Å². The van der Waals surface area contributed by atoms with Gasteiger partial charge < -0.3 is 24.4 Å². The quantitative estimate of drug-likeness (QED) is 0.346. The molecule has 8 nitrogen and oxygen atoms in total. The first-order chi connectivity index (χ1) is 14.3. The van der Waals surface area contributed by atoms with E-state index in [1.54, 1.807) is 19.1 Å². The molecule has 162 valence electrons. The molecule has 0 spiro atoms. The Morgan fingerprint density at radius 1 is 1.23 bits per heavy atom. The van der Waals surface area contributed by atoms with Crippen LogP contribution in [0.3, 0.4) is 0 Å². The van der Waals surface area contributed by atoms with E-state index in [0.29, 0.717) is 32.6 Å². The molecule has 1 amide bonds. The minimum Gasteiger partial charge on any atom is -0.493 e. The molecule has 2 aromatic rings. The first-order valence-electron chi connectivity index (χ1n) is 8.96. The Bertz CT molecular complexity index is 957. The minimum absolute atomic E-state index is 0.249. The lowest BCUT2D eigenvalue weighted by molar-refractivity contribution is -0.120. The number of hydrogen-bond donors (Lipinski definition) is 1. The van der Waals surface area contributed by atoms with Crippen LogP contribution in [-0.4, -0.2) is 45.5 Å². The van der Waals surface area contributed by atoms with Crippen LogP contribution in [0, 0.1) is 13.8 Å². The van der Waals surface area contributed by atoms with Crippen molar-refractivity contribution in [1.29, 1.82) is 0 Å². The second kappa shape index (κ2) is 10.8. The molecule has 1 N–H and O–H groups in total. The van der Waals surface area contributed by atoms with Gasteiger partial charge in [-0.2, -0.15) is 0 Å². The molecular weight excluding hydrogens is 432 g/mol. The van der Waals surface area contributed by atoms with Crippen LogP contribution in [0.5, 0.6) is 11.5 Å². The standard InChI is InChI=1S/C20H23ClN2O6S/c1-6-28-20(25)17-11(2)12(3)30-19(17)23-16(24)10-29-22-9-13-7-14(21)18(27-5)15(8-13)26-4/h7-9H,6,10H2,1-5H3,(H,23,24)/b22-9+. The average Bonchev–Trinajstić information content (AvgIpc) is 2.98. The summed E-state index contributed by atoms with van der Waals surface area (Å²) in [5.41, 5.74) is 1.74. The van der Waals surface area contributed by atoms with E-state index in [9.17, 15) is 9.59 Å². The molecule has 1 heterocycles. The number of methoxy groups -OCH3 is 2. The number of aryl methyl sites for hydroxylation is 1. The number of thiophene rings is 1. The van der Waals surface area contributed by atoms with Gasteiger partial charge in [-0.25, -0.2) is 4.79 Å². The maximum Gasteiger partial charge on any atom is 0.341 e. The first kappa shape index (κ1) is 23.5. The minimum atomic E-state index is -0.473. The van der Waals surface area contributed by atoms with E-state index in [1.165, 1.54) is 31.8 Å². The number of nitrogens with zero attached hydrogens (tertiary/aromatic N) is 1. The molecular formula is C20H23ClN2O6S. The monoisotopic (exact) mass is 454 g/mol. The Balaban J connectivity index is 2.00. The maximum atomic E-state index is 12.2. The highest BCUT2D eigenvalue weighted by atomic mass is 35.5. The predicted molar refractivity (Wildman–Crippen MR) is 116 cm³/mol. The number of carbonyl (C=O) groups excluding carboxylic acids is 2. The van der Waals surface area contributed by atoms with Crippen LogP contribution in [0.4, 0.5) is 5.00 Å².